The monoisotopic (exact) mass is 308 g/mol. The zero-order chi connectivity index (χ0) is 15.9. The molecule has 0 aliphatic rings. The molecule has 0 fully saturated rings. The van der Waals surface area contributed by atoms with E-state index in [1.807, 2.05) is 58.1 Å². The Hall–Kier alpha value is -2.82. The van der Waals surface area contributed by atoms with Gasteiger partial charge in [-0.2, -0.15) is 0 Å². The van der Waals surface area contributed by atoms with E-state index in [2.05, 4.69) is 22.4 Å². The number of benzene rings is 1. The topological polar surface area (TPSA) is 51.9 Å². The second kappa shape index (κ2) is 7.45. The van der Waals surface area contributed by atoms with Gasteiger partial charge in [-0.15, -0.1) is 0 Å². The summed E-state index contributed by atoms with van der Waals surface area (Å²) in [7, 11) is 0. The Balaban J connectivity index is 1.64. The number of hydrogen-bond donors (Lipinski definition) is 1. The summed E-state index contributed by atoms with van der Waals surface area (Å²) in [6, 6.07) is 13.7. The highest BCUT2D eigenvalue weighted by Gasteiger charge is 2.19. The summed E-state index contributed by atoms with van der Waals surface area (Å²) in [5.41, 5.74) is 1.15. The molecule has 0 radical (unpaired) electrons. The van der Waals surface area contributed by atoms with E-state index in [0.29, 0.717) is 13.0 Å². The van der Waals surface area contributed by atoms with E-state index < -0.39 is 0 Å². The molecule has 3 aromatic rings. The molecule has 118 valence electrons. The van der Waals surface area contributed by atoms with Gasteiger partial charge in [0.25, 0.3) is 0 Å². The Morgan fingerprint density at radius 3 is 2.57 bits per heavy atom. The van der Waals surface area contributed by atoms with E-state index in [-0.39, 0.29) is 11.9 Å². The molecule has 1 atom stereocenters. The number of nitrogens with zero attached hydrogens (tertiary/aromatic N) is 3. The van der Waals surface area contributed by atoms with Crippen LogP contribution in [0.4, 0.5) is 0 Å². The molecule has 3 rings (SSSR count). The highest BCUT2D eigenvalue weighted by atomic mass is 16.2. The lowest BCUT2D eigenvalue weighted by Crippen LogP contribution is -2.35. The average molecular weight is 308 g/mol. The smallest absolute Gasteiger partial charge is 0.243 e. The molecular formula is C18H20N4O. The van der Waals surface area contributed by atoms with Crippen LogP contribution in [0.15, 0.2) is 73.6 Å². The van der Waals surface area contributed by atoms with Crippen LogP contribution in [0, 0.1) is 0 Å². The number of rotatable bonds is 7. The van der Waals surface area contributed by atoms with Crippen LogP contribution in [0.25, 0.3) is 0 Å². The highest BCUT2D eigenvalue weighted by Crippen LogP contribution is 2.15. The molecule has 1 amide bonds. The Bertz CT molecular complexity index is 705. The van der Waals surface area contributed by atoms with Crippen molar-refractivity contribution in [2.24, 2.45) is 0 Å². The summed E-state index contributed by atoms with van der Waals surface area (Å²) in [4.78, 5) is 16.6. The molecule has 5 heteroatoms. The zero-order valence-corrected chi connectivity index (χ0v) is 12.9. The molecule has 2 heterocycles. The van der Waals surface area contributed by atoms with Crippen LogP contribution < -0.4 is 5.32 Å². The Labute approximate surface area is 135 Å². The van der Waals surface area contributed by atoms with Gasteiger partial charge in [0.2, 0.25) is 5.91 Å². The van der Waals surface area contributed by atoms with E-state index >= 15 is 0 Å². The van der Waals surface area contributed by atoms with Crippen molar-refractivity contribution in [2.45, 2.75) is 19.0 Å². The van der Waals surface area contributed by atoms with Crippen molar-refractivity contribution in [2.75, 3.05) is 6.54 Å². The Kier molecular flexibility index (Phi) is 4.88. The standard InChI is InChI=1S/C18H20N4O/c23-18(20-9-13-21-12-8-19-15-21)17(22-10-4-5-11-22)14-16-6-2-1-3-7-16/h1-8,10-12,15,17H,9,13-14H2,(H,20,23)/t17-/m0/s1. The lowest BCUT2D eigenvalue weighted by molar-refractivity contribution is -0.124. The van der Waals surface area contributed by atoms with Crippen LogP contribution in [0.2, 0.25) is 0 Å². The second-order valence-electron chi connectivity index (χ2n) is 5.43. The fraction of sp³-hybridized carbons (Fsp3) is 0.222. The molecule has 1 N–H and O–H groups in total. The first-order valence-electron chi connectivity index (χ1n) is 7.73. The van der Waals surface area contributed by atoms with Crippen molar-refractivity contribution >= 4 is 5.91 Å². The molecule has 5 nitrogen and oxygen atoms in total. The lowest BCUT2D eigenvalue weighted by Gasteiger charge is -2.19. The molecule has 0 bridgehead atoms. The predicted octanol–water partition coefficient (Wildman–Crippen LogP) is 2.28. The fourth-order valence-electron chi connectivity index (χ4n) is 2.57. The zero-order valence-electron chi connectivity index (χ0n) is 12.9. The molecule has 0 saturated heterocycles. The van der Waals surface area contributed by atoms with Crippen LogP contribution in [0.1, 0.15) is 11.6 Å². The molecule has 0 aliphatic carbocycles. The first-order valence-corrected chi connectivity index (χ1v) is 7.73. The van der Waals surface area contributed by atoms with E-state index in [1.165, 1.54) is 0 Å². The summed E-state index contributed by atoms with van der Waals surface area (Å²) in [5, 5.41) is 3.02. The number of amides is 1. The van der Waals surface area contributed by atoms with Crippen molar-refractivity contribution in [1.29, 1.82) is 0 Å². The van der Waals surface area contributed by atoms with Crippen molar-refractivity contribution < 1.29 is 4.79 Å². The fourth-order valence-corrected chi connectivity index (χ4v) is 2.57. The van der Waals surface area contributed by atoms with Crippen LogP contribution in [0.3, 0.4) is 0 Å². The highest BCUT2D eigenvalue weighted by molar-refractivity contribution is 5.80. The third-order valence-corrected chi connectivity index (χ3v) is 3.79. The molecule has 0 unspecified atom stereocenters. The Morgan fingerprint density at radius 1 is 1.09 bits per heavy atom. The maximum absolute atomic E-state index is 12.6. The van der Waals surface area contributed by atoms with E-state index in [1.54, 1.807) is 12.5 Å². The van der Waals surface area contributed by atoms with Gasteiger partial charge >= 0.3 is 0 Å². The largest absolute Gasteiger partial charge is 0.352 e. The van der Waals surface area contributed by atoms with Gasteiger partial charge in [-0.05, 0) is 17.7 Å². The van der Waals surface area contributed by atoms with Crippen LogP contribution >= 0.6 is 0 Å². The van der Waals surface area contributed by atoms with E-state index in [0.717, 1.165) is 12.1 Å². The first-order chi connectivity index (χ1) is 11.3. The predicted molar refractivity (Wildman–Crippen MR) is 88.9 cm³/mol. The van der Waals surface area contributed by atoms with Gasteiger partial charge in [0.05, 0.1) is 6.33 Å². The van der Waals surface area contributed by atoms with E-state index in [4.69, 9.17) is 0 Å². The lowest BCUT2D eigenvalue weighted by atomic mass is 10.1. The summed E-state index contributed by atoms with van der Waals surface area (Å²) in [6.45, 7) is 1.30. The normalized spacial score (nSPS) is 12.0. The van der Waals surface area contributed by atoms with Gasteiger partial charge in [0, 0.05) is 44.3 Å². The van der Waals surface area contributed by atoms with Gasteiger partial charge in [0.15, 0.2) is 0 Å². The minimum atomic E-state index is -0.241. The molecule has 0 spiro atoms. The molecular weight excluding hydrogens is 288 g/mol. The molecule has 2 aromatic heterocycles. The maximum Gasteiger partial charge on any atom is 0.243 e. The van der Waals surface area contributed by atoms with Crippen molar-refractivity contribution in [3.63, 3.8) is 0 Å². The van der Waals surface area contributed by atoms with Gasteiger partial charge in [0.1, 0.15) is 6.04 Å². The number of imidazole rings is 1. The Morgan fingerprint density at radius 2 is 1.87 bits per heavy atom. The summed E-state index contributed by atoms with van der Waals surface area (Å²) < 4.78 is 3.90. The maximum atomic E-state index is 12.6. The SMILES string of the molecule is O=C(NCCn1ccnc1)[C@H](Cc1ccccc1)n1cccc1. The van der Waals surface area contributed by atoms with Crippen LogP contribution in [0.5, 0.6) is 0 Å². The summed E-state index contributed by atoms with van der Waals surface area (Å²) in [5.74, 6) is 0.0326. The number of hydrogen-bond acceptors (Lipinski definition) is 2. The van der Waals surface area contributed by atoms with Crippen LogP contribution in [-0.4, -0.2) is 26.6 Å². The summed E-state index contributed by atoms with van der Waals surface area (Å²) in [6.07, 6.45) is 9.91. The van der Waals surface area contributed by atoms with Gasteiger partial charge in [-0.25, -0.2) is 4.98 Å². The van der Waals surface area contributed by atoms with Gasteiger partial charge < -0.3 is 14.5 Å². The third kappa shape index (κ3) is 4.10. The average Bonchev–Trinajstić information content (AvgIpc) is 3.27. The van der Waals surface area contributed by atoms with Gasteiger partial charge in [-0.1, -0.05) is 30.3 Å². The number of aromatic nitrogens is 3. The van der Waals surface area contributed by atoms with Crippen molar-refractivity contribution in [1.82, 2.24) is 19.4 Å². The molecule has 0 aliphatic heterocycles. The second-order valence-corrected chi connectivity index (χ2v) is 5.43. The van der Waals surface area contributed by atoms with E-state index in [9.17, 15) is 4.79 Å². The minimum absolute atomic E-state index is 0.0326. The first kappa shape index (κ1) is 15.1. The minimum Gasteiger partial charge on any atom is -0.352 e. The van der Waals surface area contributed by atoms with Crippen molar-refractivity contribution in [3.8, 4) is 0 Å². The number of carbonyl (C=O) groups is 1. The number of nitrogens with one attached hydrogen (secondary N) is 1. The molecule has 23 heavy (non-hydrogen) atoms. The van der Waals surface area contributed by atoms with Crippen molar-refractivity contribution in [3.05, 3.63) is 79.1 Å². The third-order valence-electron chi connectivity index (χ3n) is 3.79. The summed E-state index contributed by atoms with van der Waals surface area (Å²) >= 11 is 0. The van der Waals surface area contributed by atoms with Gasteiger partial charge in [-0.3, -0.25) is 4.79 Å². The quantitative estimate of drug-likeness (QED) is 0.728. The molecule has 0 saturated carbocycles. The van der Waals surface area contributed by atoms with Crippen LogP contribution in [-0.2, 0) is 17.8 Å². The number of carbonyl (C=O) groups excluding carboxylic acids is 1. The molecule has 1 aromatic carbocycles.